The Morgan fingerprint density at radius 1 is 0.958 bits per heavy atom. The lowest BCUT2D eigenvalue weighted by Gasteiger charge is -2.24. The fourth-order valence-corrected chi connectivity index (χ4v) is 2.98. The molecule has 5 nitrogen and oxygen atoms in total. The van der Waals surface area contributed by atoms with Crippen molar-refractivity contribution in [2.45, 2.75) is 46.6 Å². The minimum atomic E-state index is -1.02. The van der Waals surface area contributed by atoms with Crippen molar-refractivity contribution in [1.29, 1.82) is 0 Å². The quantitative estimate of drug-likeness (QED) is 0.685. The molecular formula is C19H29NO4. The minimum Gasteiger partial charge on any atom is -0.480 e. The monoisotopic (exact) mass is 335 g/mol. The first kappa shape index (κ1) is 20.2. The van der Waals surface area contributed by atoms with Gasteiger partial charge in [-0.05, 0) is 35.3 Å². The van der Waals surface area contributed by atoms with Gasteiger partial charge in [-0.2, -0.15) is 0 Å². The SMILES string of the molecule is CC(C)CC(c1ccc(CN(CC(=O)O)CC(=O)O)cc1)C(C)C. The Hall–Kier alpha value is -1.88. The number of carboxylic acid groups (broad SMARTS) is 2. The van der Waals surface area contributed by atoms with Crippen molar-refractivity contribution in [3.8, 4) is 0 Å². The van der Waals surface area contributed by atoms with Crippen LogP contribution in [0.15, 0.2) is 24.3 Å². The lowest BCUT2D eigenvalue weighted by Crippen LogP contribution is -2.33. The number of carboxylic acids is 2. The molecule has 0 amide bonds. The summed E-state index contributed by atoms with van der Waals surface area (Å²) >= 11 is 0. The lowest BCUT2D eigenvalue weighted by atomic mass is 9.82. The molecule has 0 saturated heterocycles. The van der Waals surface area contributed by atoms with Crippen LogP contribution in [0.3, 0.4) is 0 Å². The van der Waals surface area contributed by atoms with Gasteiger partial charge in [-0.3, -0.25) is 14.5 Å². The molecule has 0 aliphatic rings. The van der Waals surface area contributed by atoms with Gasteiger partial charge < -0.3 is 10.2 Å². The Morgan fingerprint density at radius 2 is 1.46 bits per heavy atom. The number of aliphatic carboxylic acids is 2. The maximum Gasteiger partial charge on any atom is 0.317 e. The van der Waals surface area contributed by atoms with E-state index in [0.717, 1.165) is 12.0 Å². The third kappa shape index (κ3) is 7.13. The Balaban J connectivity index is 2.84. The molecule has 1 unspecified atom stereocenters. The topological polar surface area (TPSA) is 77.8 Å². The van der Waals surface area contributed by atoms with Crippen molar-refractivity contribution in [3.05, 3.63) is 35.4 Å². The molecule has 0 aliphatic carbocycles. The molecule has 0 radical (unpaired) electrons. The van der Waals surface area contributed by atoms with Crippen LogP contribution >= 0.6 is 0 Å². The van der Waals surface area contributed by atoms with Crippen LogP contribution in [0.1, 0.15) is 51.2 Å². The van der Waals surface area contributed by atoms with E-state index >= 15 is 0 Å². The number of benzene rings is 1. The summed E-state index contributed by atoms with van der Waals surface area (Å²) in [5, 5.41) is 17.8. The first-order chi connectivity index (χ1) is 11.2. The van der Waals surface area contributed by atoms with Crippen molar-refractivity contribution < 1.29 is 19.8 Å². The maximum absolute atomic E-state index is 10.9. The van der Waals surface area contributed by atoms with Gasteiger partial charge in [-0.1, -0.05) is 52.0 Å². The normalized spacial score (nSPS) is 12.8. The predicted octanol–water partition coefficient (Wildman–Crippen LogP) is 3.44. The second-order valence-electron chi connectivity index (χ2n) is 7.15. The van der Waals surface area contributed by atoms with Crippen LogP contribution in [0.2, 0.25) is 0 Å². The van der Waals surface area contributed by atoms with Crippen molar-refractivity contribution in [2.75, 3.05) is 13.1 Å². The van der Waals surface area contributed by atoms with E-state index in [1.54, 1.807) is 0 Å². The molecule has 0 spiro atoms. The maximum atomic E-state index is 10.9. The van der Waals surface area contributed by atoms with Crippen LogP contribution < -0.4 is 0 Å². The Bertz CT molecular complexity index is 521. The van der Waals surface area contributed by atoms with E-state index in [1.807, 2.05) is 12.1 Å². The largest absolute Gasteiger partial charge is 0.480 e. The molecule has 0 heterocycles. The summed E-state index contributed by atoms with van der Waals surface area (Å²) in [5.41, 5.74) is 2.21. The summed E-state index contributed by atoms with van der Waals surface area (Å²) in [5.74, 6) is -0.380. The molecule has 0 saturated carbocycles. The second kappa shape index (κ2) is 9.42. The van der Waals surface area contributed by atoms with Gasteiger partial charge in [0.15, 0.2) is 0 Å². The summed E-state index contributed by atoms with van der Waals surface area (Å²) in [6.45, 7) is 8.64. The first-order valence-corrected chi connectivity index (χ1v) is 8.43. The van der Waals surface area contributed by atoms with Crippen molar-refractivity contribution in [1.82, 2.24) is 4.90 Å². The fourth-order valence-electron chi connectivity index (χ4n) is 2.98. The summed E-state index contributed by atoms with van der Waals surface area (Å²) in [6.07, 6.45) is 1.13. The Labute approximate surface area is 144 Å². The fraction of sp³-hybridized carbons (Fsp3) is 0.579. The molecule has 0 aromatic heterocycles. The number of hydrogen-bond acceptors (Lipinski definition) is 3. The lowest BCUT2D eigenvalue weighted by molar-refractivity contribution is -0.142. The van der Waals surface area contributed by atoms with Crippen LogP contribution in [-0.2, 0) is 16.1 Å². The zero-order chi connectivity index (χ0) is 18.3. The predicted molar refractivity (Wildman–Crippen MR) is 94.0 cm³/mol. The molecule has 2 N–H and O–H groups in total. The van der Waals surface area contributed by atoms with Crippen LogP contribution in [-0.4, -0.2) is 40.1 Å². The van der Waals surface area contributed by atoms with Gasteiger partial charge in [0, 0.05) is 6.54 Å². The standard InChI is InChI=1S/C19H29NO4/c1-13(2)9-17(14(3)4)16-7-5-15(6-8-16)10-20(11-18(21)22)12-19(23)24/h5-8,13-14,17H,9-12H2,1-4H3,(H,21,22)(H,23,24). The summed E-state index contributed by atoms with van der Waals surface area (Å²) < 4.78 is 0. The molecule has 0 bridgehead atoms. The van der Waals surface area contributed by atoms with E-state index < -0.39 is 11.9 Å². The number of carbonyl (C=O) groups is 2. The minimum absolute atomic E-state index is 0.282. The van der Waals surface area contributed by atoms with E-state index in [1.165, 1.54) is 10.5 Å². The molecule has 134 valence electrons. The van der Waals surface area contributed by atoms with Gasteiger partial charge in [-0.25, -0.2) is 0 Å². The van der Waals surface area contributed by atoms with Crippen molar-refractivity contribution in [2.24, 2.45) is 11.8 Å². The van der Waals surface area contributed by atoms with E-state index in [0.29, 0.717) is 24.3 Å². The molecule has 0 aliphatic heterocycles. The number of nitrogens with zero attached hydrogens (tertiary/aromatic N) is 1. The van der Waals surface area contributed by atoms with Crippen molar-refractivity contribution in [3.63, 3.8) is 0 Å². The van der Waals surface area contributed by atoms with Crippen molar-refractivity contribution >= 4 is 11.9 Å². The molecule has 1 rings (SSSR count). The first-order valence-electron chi connectivity index (χ1n) is 8.43. The zero-order valence-electron chi connectivity index (χ0n) is 15.0. The van der Waals surface area contributed by atoms with Gasteiger partial charge >= 0.3 is 11.9 Å². The smallest absolute Gasteiger partial charge is 0.317 e. The highest BCUT2D eigenvalue weighted by molar-refractivity contribution is 5.72. The molecule has 1 aromatic rings. The van der Waals surface area contributed by atoms with Gasteiger partial charge in [0.05, 0.1) is 13.1 Å². The molecular weight excluding hydrogens is 306 g/mol. The van der Waals surface area contributed by atoms with Crippen LogP contribution in [0, 0.1) is 11.8 Å². The van der Waals surface area contributed by atoms with Gasteiger partial charge in [0.2, 0.25) is 0 Å². The van der Waals surface area contributed by atoms with Crippen LogP contribution in [0.5, 0.6) is 0 Å². The highest BCUT2D eigenvalue weighted by Gasteiger charge is 2.18. The molecule has 1 aromatic carbocycles. The Morgan fingerprint density at radius 3 is 1.83 bits per heavy atom. The number of rotatable bonds is 10. The molecule has 1 atom stereocenters. The Kier molecular flexibility index (Phi) is 7.92. The van der Waals surface area contributed by atoms with E-state index in [2.05, 4.69) is 39.8 Å². The van der Waals surface area contributed by atoms with Crippen LogP contribution in [0.25, 0.3) is 0 Å². The molecule has 5 heteroatoms. The second-order valence-corrected chi connectivity index (χ2v) is 7.15. The van der Waals surface area contributed by atoms with Gasteiger partial charge in [0.1, 0.15) is 0 Å². The summed E-state index contributed by atoms with van der Waals surface area (Å²) in [7, 11) is 0. The van der Waals surface area contributed by atoms with E-state index in [-0.39, 0.29) is 13.1 Å². The highest BCUT2D eigenvalue weighted by atomic mass is 16.4. The van der Waals surface area contributed by atoms with E-state index in [4.69, 9.17) is 10.2 Å². The average molecular weight is 335 g/mol. The van der Waals surface area contributed by atoms with Crippen LogP contribution in [0.4, 0.5) is 0 Å². The van der Waals surface area contributed by atoms with Gasteiger partial charge in [-0.15, -0.1) is 0 Å². The number of hydrogen-bond donors (Lipinski definition) is 2. The van der Waals surface area contributed by atoms with Gasteiger partial charge in [0.25, 0.3) is 0 Å². The third-order valence-corrected chi connectivity index (χ3v) is 4.06. The molecule has 0 fully saturated rings. The highest BCUT2D eigenvalue weighted by Crippen LogP contribution is 2.31. The zero-order valence-corrected chi connectivity index (χ0v) is 15.0. The average Bonchev–Trinajstić information content (AvgIpc) is 2.44. The van der Waals surface area contributed by atoms with E-state index in [9.17, 15) is 9.59 Å². The third-order valence-electron chi connectivity index (χ3n) is 4.06. The summed E-state index contributed by atoms with van der Waals surface area (Å²) in [6, 6.07) is 8.12. The summed E-state index contributed by atoms with van der Waals surface area (Å²) in [4.78, 5) is 23.1. The molecule has 24 heavy (non-hydrogen) atoms.